The molecule has 12 rings (SSSR count). The van der Waals surface area contributed by atoms with Crippen molar-refractivity contribution in [1.29, 1.82) is 0 Å². The predicted octanol–water partition coefficient (Wildman–Crippen LogP) is 19.6. The second kappa shape index (κ2) is 22.6. The Labute approximate surface area is 421 Å². The van der Waals surface area contributed by atoms with Gasteiger partial charge in [0, 0.05) is 9.52 Å². The zero-order valence-electron chi connectivity index (χ0n) is 38.0. The third-order valence-corrected chi connectivity index (χ3v) is 12.3. The van der Waals surface area contributed by atoms with E-state index in [1.54, 1.807) is 0 Å². The Balaban J connectivity index is 0.000000153. The zero-order chi connectivity index (χ0) is 46.7. The summed E-state index contributed by atoms with van der Waals surface area (Å²) in [4.78, 5) is 0. The SMILES string of the molecule is C[Si]C.[Cl][Zr+2][Cl].c1ccc(-c2cc3c(-c4ccccc4-c4cccc5ccccc45)cccc3[cH-]2)cc1.c1ccc(-c2cc3c(-c4ccccc4-c4cccc5ccccc45)cccc3[cH-]2)cc1. The molecule has 68 heavy (non-hydrogen) atoms. The van der Waals surface area contributed by atoms with Gasteiger partial charge >= 0.3 is 37.9 Å². The van der Waals surface area contributed by atoms with Gasteiger partial charge in [-0.05, 0) is 54.9 Å². The maximum absolute atomic E-state index is 4.93. The molecule has 4 heteroatoms. The maximum Gasteiger partial charge on any atom is -0.00994 e. The zero-order valence-corrected chi connectivity index (χ0v) is 43.0. The van der Waals surface area contributed by atoms with Crippen molar-refractivity contribution in [2.75, 3.05) is 0 Å². The van der Waals surface area contributed by atoms with Gasteiger partial charge in [0.1, 0.15) is 0 Å². The molecule has 0 amide bonds. The van der Waals surface area contributed by atoms with E-state index in [1.165, 1.54) is 110 Å². The molecule has 0 spiro atoms. The van der Waals surface area contributed by atoms with Crippen LogP contribution in [-0.4, -0.2) is 9.52 Å². The van der Waals surface area contributed by atoms with Crippen molar-refractivity contribution in [3.05, 3.63) is 255 Å². The molecule has 0 heterocycles. The number of hydrogen-bond donors (Lipinski definition) is 0. The first-order chi connectivity index (χ1) is 33.6. The van der Waals surface area contributed by atoms with Crippen molar-refractivity contribution >= 4 is 69.6 Å². The van der Waals surface area contributed by atoms with Crippen LogP contribution < -0.4 is 0 Å². The van der Waals surface area contributed by atoms with Crippen LogP contribution in [0.25, 0.3) is 110 Å². The van der Waals surface area contributed by atoms with Crippen molar-refractivity contribution in [3.8, 4) is 66.8 Å². The van der Waals surface area contributed by atoms with E-state index in [-0.39, 0.29) is 0 Å². The first kappa shape index (κ1) is 46.7. The summed E-state index contributed by atoms with van der Waals surface area (Å²) in [5.41, 5.74) is 15.3. The number of fused-ring (bicyclic) bond motifs is 4. The quantitative estimate of drug-likeness (QED) is 0.115. The molecule has 0 aliphatic carbocycles. The molecule has 0 atom stereocenters. The van der Waals surface area contributed by atoms with Crippen LogP contribution in [0.4, 0.5) is 0 Å². The molecule has 326 valence electrons. The Bertz CT molecular complexity index is 3320. The standard InChI is InChI=1S/2C31H21.C2H6Si.2ClH.Zr/c2*1-2-10-22(11-3-1)25-20-24-14-9-19-30(31(24)21-25)29-17-7-6-16-28(29)27-18-8-13-23-12-4-5-15-26(23)27;1-3-2;;;/h2*1-21H;1-2H3;2*1H;/q2*-1;;;;+4/p-2. The van der Waals surface area contributed by atoms with E-state index >= 15 is 0 Å². The van der Waals surface area contributed by atoms with E-state index in [0.717, 1.165) is 9.52 Å². The number of rotatable bonds is 6. The summed E-state index contributed by atoms with van der Waals surface area (Å²) in [6, 6.07) is 91.8. The van der Waals surface area contributed by atoms with E-state index in [1.807, 2.05) is 0 Å². The fourth-order valence-corrected chi connectivity index (χ4v) is 9.36. The Hall–Kier alpha value is -6.38. The molecular formula is C64H48Cl2SiZr. The molecule has 0 aliphatic rings. The molecule has 2 radical (unpaired) electrons. The van der Waals surface area contributed by atoms with E-state index < -0.39 is 20.8 Å². The van der Waals surface area contributed by atoms with Gasteiger partial charge in [-0.3, -0.25) is 0 Å². The van der Waals surface area contributed by atoms with Crippen LogP contribution in [0.3, 0.4) is 0 Å². The minimum absolute atomic E-state index is 0.826. The molecule has 0 aromatic heterocycles. The Kier molecular flexibility index (Phi) is 15.5. The van der Waals surface area contributed by atoms with Gasteiger partial charge in [-0.2, -0.15) is 0 Å². The molecule has 0 aliphatic heterocycles. The Morgan fingerprint density at radius 3 is 0.941 bits per heavy atom. The molecule has 0 unspecified atom stereocenters. The summed E-state index contributed by atoms with van der Waals surface area (Å²) in [5, 5.41) is 10.3. The third kappa shape index (κ3) is 10.2. The minimum atomic E-state index is -0.826. The molecule has 12 aromatic rings. The van der Waals surface area contributed by atoms with Gasteiger partial charge in [0.2, 0.25) is 0 Å². The average molecular weight is 1010 g/mol. The van der Waals surface area contributed by atoms with Gasteiger partial charge < -0.3 is 0 Å². The second-order valence-electron chi connectivity index (χ2n) is 16.6. The first-order valence-electron chi connectivity index (χ1n) is 22.8. The van der Waals surface area contributed by atoms with Crippen molar-refractivity contribution in [3.63, 3.8) is 0 Å². The number of hydrogen-bond acceptors (Lipinski definition) is 0. The van der Waals surface area contributed by atoms with Gasteiger partial charge in [-0.25, -0.2) is 0 Å². The van der Waals surface area contributed by atoms with Crippen LogP contribution in [0.5, 0.6) is 0 Å². The molecule has 0 nitrogen and oxygen atoms in total. The van der Waals surface area contributed by atoms with Gasteiger partial charge in [-0.1, -0.05) is 254 Å². The maximum atomic E-state index is 4.93. The topological polar surface area (TPSA) is 0 Å². The first-order valence-corrected chi connectivity index (χ1v) is 31.1. The summed E-state index contributed by atoms with van der Waals surface area (Å²) in [6.07, 6.45) is 0. The van der Waals surface area contributed by atoms with Gasteiger partial charge in [0.05, 0.1) is 0 Å². The van der Waals surface area contributed by atoms with Crippen LogP contribution in [0.15, 0.2) is 255 Å². The predicted molar refractivity (Wildman–Crippen MR) is 296 cm³/mol. The molecule has 0 bridgehead atoms. The molecule has 0 saturated heterocycles. The van der Waals surface area contributed by atoms with Crippen molar-refractivity contribution < 1.29 is 20.8 Å². The normalized spacial score (nSPS) is 10.6. The van der Waals surface area contributed by atoms with Crippen LogP contribution in [0, 0.1) is 0 Å². The molecular weight excluding hydrogens is 959 g/mol. The van der Waals surface area contributed by atoms with Crippen LogP contribution in [-0.2, 0) is 20.8 Å². The Morgan fingerprint density at radius 1 is 0.309 bits per heavy atom. The van der Waals surface area contributed by atoms with Crippen LogP contribution in [0.2, 0.25) is 13.1 Å². The summed E-state index contributed by atoms with van der Waals surface area (Å²) < 4.78 is 0. The number of benzene rings is 10. The monoisotopic (exact) mass is 1000 g/mol. The fraction of sp³-hybridized carbons (Fsp3) is 0.0312. The molecule has 12 aromatic carbocycles. The molecule has 0 N–H and O–H groups in total. The summed E-state index contributed by atoms with van der Waals surface area (Å²) in [7, 11) is 11.0. The van der Waals surface area contributed by atoms with E-state index in [2.05, 4.69) is 268 Å². The largest absolute Gasteiger partial charge is 0.144 e. The van der Waals surface area contributed by atoms with Crippen LogP contribution >= 0.6 is 17.0 Å². The second-order valence-corrected chi connectivity index (χ2v) is 21.3. The van der Waals surface area contributed by atoms with Crippen LogP contribution in [0.1, 0.15) is 0 Å². The van der Waals surface area contributed by atoms with Gasteiger partial charge in [0.15, 0.2) is 0 Å². The van der Waals surface area contributed by atoms with Crippen molar-refractivity contribution in [2.45, 2.75) is 13.1 Å². The van der Waals surface area contributed by atoms with E-state index in [9.17, 15) is 0 Å². The molecule has 0 saturated carbocycles. The fourth-order valence-electron chi connectivity index (χ4n) is 9.36. The minimum Gasteiger partial charge on any atom is -0.144 e. The summed E-state index contributed by atoms with van der Waals surface area (Å²) >= 11 is -0.826. The van der Waals surface area contributed by atoms with Crippen molar-refractivity contribution in [2.24, 2.45) is 0 Å². The summed E-state index contributed by atoms with van der Waals surface area (Å²) in [5.74, 6) is 0. The third-order valence-electron chi connectivity index (χ3n) is 12.3. The van der Waals surface area contributed by atoms with Crippen molar-refractivity contribution in [1.82, 2.24) is 0 Å². The number of halogens is 2. The van der Waals surface area contributed by atoms with Gasteiger partial charge in [-0.15, -0.1) is 69.1 Å². The average Bonchev–Trinajstić information content (AvgIpc) is 4.06. The van der Waals surface area contributed by atoms with E-state index in [0.29, 0.717) is 0 Å². The van der Waals surface area contributed by atoms with Gasteiger partial charge in [0.25, 0.3) is 0 Å². The molecule has 0 fully saturated rings. The smallest absolute Gasteiger partial charge is 0.00994 e. The summed E-state index contributed by atoms with van der Waals surface area (Å²) in [6.45, 7) is 4.31. The Morgan fingerprint density at radius 2 is 0.574 bits per heavy atom. The van der Waals surface area contributed by atoms with E-state index in [4.69, 9.17) is 17.0 Å².